The smallest absolute Gasteiger partial charge is 0.268 e. The van der Waals surface area contributed by atoms with Gasteiger partial charge >= 0.3 is 0 Å². The number of benzene rings is 2. The molecule has 2 rings (SSSR count). The van der Waals surface area contributed by atoms with Gasteiger partial charge in [0.15, 0.2) is 0 Å². The fourth-order valence-electron chi connectivity index (χ4n) is 1.73. The zero-order valence-electron chi connectivity index (χ0n) is 10.2. The third-order valence-electron chi connectivity index (χ3n) is 2.78. The van der Waals surface area contributed by atoms with Crippen molar-refractivity contribution < 1.29 is 4.79 Å². The molecule has 0 saturated heterocycles. The summed E-state index contributed by atoms with van der Waals surface area (Å²) in [5, 5.41) is 0. The van der Waals surface area contributed by atoms with Gasteiger partial charge in [-0.15, -0.1) is 0 Å². The highest BCUT2D eigenvalue weighted by Crippen LogP contribution is 2.20. The number of carbonyl (C=O) groups excluding carboxylic acids is 1. The second-order valence-corrected chi connectivity index (χ2v) is 4.41. The van der Waals surface area contributed by atoms with E-state index in [0.29, 0.717) is 5.56 Å². The second-order valence-electron chi connectivity index (χ2n) is 4.01. The lowest BCUT2D eigenvalue weighted by molar-refractivity contribution is 0.101. The van der Waals surface area contributed by atoms with Crippen LogP contribution in [0.5, 0.6) is 0 Å². The van der Waals surface area contributed by atoms with Crippen LogP contribution in [0.2, 0.25) is 0 Å². The third kappa shape index (κ3) is 2.74. The van der Waals surface area contributed by atoms with Crippen molar-refractivity contribution in [1.29, 1.82) is 0 Å². The summed E-state index contributed by atoms with van der Waals surface area (Å²) in [6, 6.07) is 17.0. The molecule has 92 valence electrons. The van der Waals surface area contributed by atoms with E-state index in [-0.39, 0.29) is 5.91 Å². The molecule has 0 bridgehead atoms. The third-order valence-corrected chi connectivity index (χ3v) is 3.19. The summed E-state index contributed by atoms with van der Waals surface area (Å²) in [4.78, 5) is 12.2. The zero-order chi connectivity index (χ0) is 13.0. The molecular weight excluding hydrogens is 242 g/mol. The maximum absolute atomic E-state index is 12.2. The standard InChI is InChI=1S/C15H15NOS/c1-2-12-7-6-10-14(11-12)16(18)15(17)13-8-4-3-5-9-13/h3-11,18H,2H2,1H3. The molecule has 0 aliphatic carbocycles. The molecule has 2 aromatic carbocycles. The summed E-state index contributed by atoms with van der Waals surface area (Å²) in [5.41, 5.74) is 2.62. The Morgan fingerprint density at radius 2 is 1.83 bits per heavy atom. The minimum absolute atomic E-state index is 0.118. The summed E-state index contributed by atoms with van der Waals surface area (Å²) in [6.45, 7) is 2.08. The van der Waals surface area contributed by atoms with E-state index in [1.54, 1.807) is 12.1 Å². The lowest BCUT2D eigenvalue weighted by Crippen LogP contribution is -2.20. The van der Waals surface area contributed by atoms with Crippen molar-refractivity contribution in [2.75, 3.05) is 4.31 Å². The van der Waals surface area contributed by atoms with E-state index in [9.17, 15) is 4.79 Å². The summed E-state index contributed by atoms with van der Waals surface area (Å²) in [7, 11) is 0. The van der Waals surface area contributed by atoms with Gasteiger partial charge in [-0.25, -0.2) is 0 Å². The Morgan fingerprint density at radius 3 is 2.50 bits per heavy atom. The summed E-state index contributed by atoms with van der Waals surface area (Å²) in [6.07, 6.45) is 0.939. The maximum atomic E-state index is 12.2. The van der Waals surface area contributed by atoms with Gasteiger partial charge in [-0.1, -0.05) is 50.1 Å². The van der Waals surface area contributed by atoms with Crippen LogP contribution in [0, 0.1) is 0 Å². The van der Waals surface area contributed by atoms with E-state index in [2.05, 4.69) is 19.7 Å². The number of thiol groups is 1. The molecule has 1 amide bonds. The van der Waals surface area contributed by atoms with Gasteiger partial charge in [0.25, 0.3) is 5.91 Å². The topological polar surface area (TPSA) is 20.3 Å². The first-order valence-corrected chi connectivity index (χ1v) is 6.29. The van der Waals surface area contributed by atoms with Crippen molar-refractivity contribution >= 4 is 24.4 Å². The molecule has 0 aliphatic heterocycles. The van der Waals surface area contributed by atoms with Crippen molar-refractivity contribution in [2.45, 2.75) is 13.3 Å². The average molecular weight is 257 g/mol. The number of rotatable bonds is 3. The molecule has 0 unspecified atom stereocenters. The van der Waals surface area contributed by atoms with Crippen LogP contribution in [0.4, 0.5) is 5.69 Å². The predicted molar refractivity (Wildman–Crippen MR) is 78.1 cm³/mol. The molecule has 18 heavy (non-hydrogen) atoms. The summed E-state index contributed by atoms with van der Waals surface area (Å²) in [5.74, 6) is -0.118. The molecule has 3 heteroatoms. The molecule has 0 N–H and O–H groups in total. The maximum Gasteiger partial charge on any atom is 0.268 e. The van der Waals surface area contributed by atoms with E-state index in [1.165, 1.54) is 9.87 Å². The number of carbonyl (C=O) groups is 1. The van der Waals surface area contributed by atoms with Crippen molar-refractivity contribution in [3.05, 3.63) is 65.7 Å². The van der Waals surface area contributed by atoms with Gasteiger partial charge in [-0.3, -0.25) is 9.10 Å². The van der Waals surface area contributed by atoms with Crippen LogP contribution in [-0.2, 0) is 6.42 Å². The van der Waals surface area contributed by atoms with E-state index in [4.69, 9.17) is 0 Å². The molecule has 0 heterocycles. The Bertz CT molecular complexity index is 539. The Kier molecular flexibility index (Phi) is 4.05. The number of hydrogen-bond donors (Lipinski definition) is 1. The molecule has 0 saturated carbocycles. The van der Waals surface area contributed by atoms with Crippen LogP contribution in [0.1, 0.15) is 22.8 Å². The highest BCUT2D eigenvalue weighted by molar-refractivity contribution is 7.82. The molecule has 0 radical (unpaired) electrons. The van der Waals surface area contributed by atoms with Crippen LogP contribution in [-0.4, -0.2) is 5.91 Å². The molecule has 0 atom stereocenters. The van der Waals surface area contributed by atoms with Crippen LogP contribution < -0.4 is 4.31 Å². The number of nitrogens with zero attached hydrogens (tertiary/aromatic N) is 1. The molecule has 0 spiro atoms. The first-order chi connectivity index (χ1) is 8.72. The normalized spacial score (nSPS) is 10.1. The average Bonchev–Trinajstić information content (AvgIpc) is 2.46. The summed E-state index contributed by atoms with van der Waals surface area (Å²) >= 11 is 4.30. The van der Waals surface area contributed by atoms with Crippen molar-refractivity contribution in [3.8, 4) is 0 Å². The Hall–Kier alpha value is -1.74. The van der Waals surface area contributed by atoms with Gasteiger partial charge in [0.1, 0.15) is 0 Å². The van der Waals surface area contributed by atoms with Crippen molar-refractivity contribution in [1.82, 2.24) is 0 Å². The summed E-state index contributed by atoms with van der Waals surface area (Å²) < 4.78 is 1.38. The molecule has 0 fully saturated rings. The van der Waals surface area contributed by atoms with Crippen LogP contribution in [0.3, 0.4) is 0 Å². The minimum atomic E-state index is -0.118. The van der Waals surface area contributed by atoms with Crippen LogP contribution in [0.25, 0.3) is 0 Å². The molecule has 2 aromatic rings. The van der Waals surface area contributed by atoms with Crippen molar-refractivity contribution in [3.63, 3.8) is 0 Å². The van der Waals surface area contributed by atoms with Gasteiger partial charge in [0, 0.05) is 5.56 Å². The Morgan fingerprint density at radius 1 is 1.11 bits per heavy atom. The minimum Gasteiger partial charge on any atom is -0.268 e. The Balaban J connectivity index is 2.25. The zero-order valence-corrected chi connectivity index (χ0v) is 11.1. The van der Waals surface area contributed by atoms with Crippen LogP contribution in [0.15, 0.2) is 54.6 Å². The highest BCUT2D eigenvalue weighted by atomic mass is 32.1. The number of aryl methyl sites for hydroxylation is 1. The van der Waals surface area contributed by atoms with E-state index in [1.807, 2.05) is 42.5 Å². The Labute approximate surface area is 113 Å². The van der Waals surface area contributed by atoms with E-state index in [0.717, 1.165) is 12.1 Å². The van der Waals surface area contributed by atoms with E-state index >= 15 is 0 Å². The molecular formula is C15H15NOS. The van der Waals surface area contributed by atoms with Gasteiger partial charge in [-0.05, 0) is 36.2 Å². The SMILES string of the molecule is CCc1cccc(N(S)C(=O)c2ccccc2)c1. The first kappa shape index (κ1) is 12.7. The largest absolute Gasteiger partial charge is 0.268 e. The molecule has 0 aliphatic rings. The van der Waals surface area contributed by atoms with Gasteiger partial charge in [0.05, 0.1) is 5.69 Å². The second kappa shape index (κ2) is 5.74. The van der Waals surface area contributed by atoms with Crippen molar-refractivity contribution in [2.24, 2.45) is 0 Å². The highest BCUT2D eigenvalue weighted by Gasteiger charge is 2.14. The predicted octanol–water partition coefficient (Wildman–Crippen LogP) is 3.74. The quantitative estimate of drug-likeness (QED) is 0.830. The van der Waals surface area contributed by atoms with E-state index < -0.39 is 0 Å². The lowest BCUT2D eigenvalue weighted by Gasteiger charge is -2.16. The van der Waals surface area contributed by atoms with Gasteiger partial charge in [-0.2, -0.15) is 0 Å². The van der Waals surface area contributed by atoms with Gasteiger partial charge in [0.2, 0.25) is 0 Å². The number of hydrogen-bond acceptors (Lipinski definition) is 2. The molecule has 2 nitrogen and oxygen atoms in total. The number of amides is 1. The fraction of sp³-hybridized carbons (Fsp3) is 0.133. The monoisotopic (exact) mass is 257 g/mol. The first-order valence-electron chi connectivity index (χ1n) is 5.89. The number of anilines is 1. The fourth-order valence-corrected chi connectivity index (χ4v) is 1.97. The van der Waals surface area contributed by atoms with Gasteiger partial charge < -0.3 is 0 Å². The molecule has 0 aromatic heterocycles. The lowest BCUT2D eigenvalue weighted by atomic mass is 10.1. The van der Waals surface area contributed by atoms with Crippen LogP contribution >= 0.6 is 12.8 Å².